The zero-order chi connectivity index (χ0) is 41.7. The summed E-state index contributed by atoms with van der Waals surface area (Å²) in [5, 5.41) is 22.9. The number of hydrazone groups is 1. The minimum atomic E-state index is 0.0607. The van der Waals surface area contributed by atoms with E-state index in [1.54, 1.807) is 4.80 Å². The molecule has 8 aromatic rings. The SMILES string of the molecule is N=C1C=C(N(c2ccccc2)C2C=CC(c3cccc(-c4ccc(N(c5ccccc5)c5ccc6nn(-c7ccccc7)nc6c5)cc4)c3)=CC2)C=C/C1=N/Nc1ccccc1. The number of hydrogen-bond donors (Lipinski definition) is 2. The van der Waals surface area contributed by atoms with E-state index in [1.165, 1.54) is 11.1 Å². The summed E-state index contributed by atoms with van der Waals surface area (Å²) in [6, 6.07) is 64.4. The molecule has 8 heteroatoms. The van der Waals surface area contributed by atoms with E-state index in [0.29, 0.717) is 11.4 Å². The number of anilines is 5. The van der Waals surface area contributed by atoms with Crippen molar-refractivity contribution < 1.29 is 0 Å². The number of nitrogens with zero attached hydrogens (tertiary/aromatic N) is 6. The molecule has 0 saturated carbocycles. The number of para-hydroxylation sites is 4. The van der Waals surface area contributed by atoms with Crippen LogP contribution in [-0.4, -0.2) is 32.5 Å². The van der Waals surface area contributed by atoms with Gasteiger partial charge in [-0.3, -0.25) is 10.8 Å². The van der Waals surface area contributed by atoms with Crippen LogP contribution in [0, 0.1) is 5.41 Å². The fourth-order valence-corrected chi connectivity index (χ4v) is 7.97. The zero-order valence-electron chi connectivity index (χ0n) is 33.8. The maximum atomic E-state index is 8.85. The van der Waals surface area contributed by atoms with Crippen LogP contribution in [0.2, 0.25) is 0 Å². The van der Waals surface area contributed by atoms with E-state index in [4.69, 9.17) is 15.6 Å². The molecule has 0 saturated heterocycles. The Morgan fingerprint density at radius 2 is 1.21 bits per heavy atom. The van der Waals surface area contributed by atoms with Crippen LogP contribution in [0.5, 0.6) is 0 Å². The average molecular weight is 803 g/mol. The largest absolute Gasteiger partial charge is 0.334 e. The first-order chi connectivity index (χ1) is 30.6. The highest BCUT2D eigenvalue weighted by molar-refractivity contribution is 6.50. The number of benzene rings is 7. The maximum Gasteiger partial charge on any atom is 0.115 e. The second-order valence-electron chi connectivity index (χ2n) is 15.1. The number of aromatic nitrogens is 3. The van der Waals surface area contributed by atoms with Crippen molar-refractivity contribution in [3.63, 3.8) is 0 Å². The number of rotatable bonds is 11. The van der Waals surface area contributed by atoms with Gasteiger partial charge in [0.1, 0.15) is 16.7 Å². The molecule has 0 aliphatic heterocycles. The number of fused-ring (bicyclic) bond motifs is 1. The van der Waals surface area contributed by atoms with Gasteiger partial charge in [0.05, 0.1) is 23.1 Å². The number of hydrogen-bond acceptors (Lipinski definition) is 7. The summed E-state index contributed by atoms with van der Waals surface area (Å²) in [6.45, 7) is 0. The van der Waals surface area contributed by atoms with Crippen molar-refractivity contribution in [3.8, 4) is 16.8 Å². The Morgan fingerprint density at radius 1 is 0.565 bits per heavy atom. The first-order valence-corrected chi connectivity index (χ1v) is 20.7. The van der Waals surface area contributed by atoms with Gasteiger partial charge in [0.2, 0.25) is 0 Å². The van der Waals surface area contributed by atoms with Crippen LogP contribution in [0.1, 0.15) is 12.0 Å². The lowest BCUT2D eigenvalue weighted by Crippen LogP contribution is -2.35. The molecule has 1 heterocycles. The van der Waals surface area contributed by atoms with Crippen LogP contribution in [-0.2, 0) is 0 Å². The quantitative estimate of drug-likeness (QED) is 0.100. The smallest absolute Gasteiger partial charge is 0.115 e. The average Bonchev–Trinajstić information content (AvgIpc) is 3.77. The summed E-state index contributed by atoms with van der Waals surface area (Å²) in [4.78, 5) is 6.25. The molecule has 0 radical (unpaired) electrons. The van der Waals surface area contributed by atoms with Crippen molar-refractivity contribution >= 4 is 56.5 Å². The van der Waals surface area contributed by atoms with Gasteiger partial charge in [-0.25, -0.2) is 0 Å². The molecular formula is C54H42N8. The standard InChI is InChI=1S/C54H42N8/c55-51-37-49(32-34-52(51)57-56-43-16-5-1-6-17-43)60(44-18-7-2-8-19-44)46-28-24-39(25-29-46)41-14-13-15-42(36-41)40-26-30-47(31-27-40)61(45-20-9-3-10-21-45)50-33-35-53-54(38-50)59-62(58-53)48-22-11-4-12-23-48/h1-28,30-38,46,55-56H,29H2/b55-51?,57-52-. The number of nitrogens with one attached hydrogen (secondary N) is 2. The van der Waals surface area contributed by atoms with Crippen LogP contribution in [0.15, 0.2) is 235 Å². The Labute approximate surface area is 360 Å². The highest BCUT2D eigenvalue weighted by atomic mass is 15.5. The summed E-state index contributed by atoms with van der Waals surface area (Å²) in [7, 11) is 0. The molecular weight excluding hydrogens is 761 g/mol. The van der Waals surface area contributed by atoms with Crippen molar-refractivity contribution in [2.24, 2.45) is 5.10 Å². The maximum absolute atomic E-state index is 8.85. The van der Waals surface area contributed by atoms with Crippen LogP contribution >= 0.6 is 0 Å². The Kier molecular flexibility index (Phi) is 10.4. The highest BCUT2D eigenvalue weighted by Crippen LogP contribution is 2.38. The fourth-order valence-electron chi connectivity index (χ4n) is 7.97. The van der Waals surface area contributed by atoms with Crippen LogP contribution in [0.25, 0.3) is 33.4 Å². The van der Waals surface area contributed by atoms with Crippen molar-refractivity contribution in [2.75, 3.05) is 15.2 Å². The van der Waals surface area contributed by atoms with Crippen molar-refractivity contribution in [2.45, 2.75) is 12.5 Å². The van der Waals surface area contributed by atoms with Crippen molar-refractivity contribution in [1.29, 1.82) is 5.41 Å². The Balaban J connectivity index is 0.880. The van der Waals surface area contributed by atoms with Gasteiger partial charge < -0.3 is 9.80 Å². The first-order valence-electron chi connectivity index (χ1n) is 20.7. The third-order valence-corrected chi connectivity index (χ3v) is 11.1. The second kappa shape index (κ2) is 17.1. The lowest BCUT2D eigenvalue weighted by Gasteiger charge is -2.34. The van der Waals surface area contributed by atoms with Gasteiger partial charge in [-0.15, -0.1) is 10.2 Å². The normalized spacial score (nSPS) is 15.3. The van der Waals surface area contributed by atoms with E-state index in [2.05, 4.69) is 154 Å². The van der Waals surface area contributed by atoms with Crippen molar-refractivity contribution in [3.05, 3.63) is 236 Å². The minimum absolute atomic E-state index is 0.0607. The molecule has 0 amide bonds. The molecule has 8 nitrogen and oxygen atoms in total. The monoisotopic (exact) mass is 802 g/mol. The van der Waals surface area contributed by atoms with Gasteiger partial charge in [-0.1, -0.05) is 121 Å². The van der Waals surface area contributed by atoms with E-state index < -0.39 is 0 Å². The summed E-state index contributed by atoms with van der Waals surface area (Å²) in [5.41, 5.74) is 17.2. The van der Waals surface area contributed by atoms with Gasteiger partial charge in [0.25, 0.3) is 0 Å². The fraction of sp³-hybridized carbons (Fsp3) is 0.0370. The molecule has 298 valence electrons. The van der Waals surface area contributed by atoms with Gasteiger partial charge >= 0.3 is 0 Å². The third-order valence-electron chi connectivity index (χ3n) is 11.1. The predicted molar refractivity (Wildman–Crippen MR) is 256 cm³/mol. The minimum Gasteiger partial charge on any atom is -0.334 e. The molecule has 1 unspecified atom stereocenters. The predicted octanol–water partition coefficient (Wildman–Crippen LogP) is 12.7. The van der Waals surface area contributed by atoms with E-state index in [9.17, 15) is 0 Å². The first kappa shape index (κ1) is 37.9. The molecule has 1 aromatic heterocycles. The molecule has 0 fully saturated rings. The van der Waals surface area contributed by atoms with Crippen LogP contribution < -0.4 is 15.2 Å². The molecule has 2 aliphatic carbocycles. The van der Waals surface area contributed by atoms with Gasteiger partial charge in [-0.05, 0) is 132 Å². The van der Waals surface area contributed by atoms with E-state index in [1.807, 2.05) is 91.0 Å². The number of allylic oxidation sites excluding steroid dienone is 5. The van der Waals surface area contributed by atoms with E-state index in [0.717, 1.165) is 68.4 Å². The van der Waals surface area contributed by atoms with Gasteiger partial charge in [0, 0.05) is 28.4 Å². The van der Waals surface area contributed by atoms with Gasteiger partial charge in [-0.2, -0.15) is 9.90 Å². The van der Waals surface area contributed by atoms with Crippen LogP contribution in [0.3, 0.4) is 0 Å². The summed E-state index contributed by atoms with van der Waals surface area (Å²) in [5.74, 6) is 0. The molecule has 10 rings (SSSR count). The van der Waals surface area contributed by atoms with Crippen LogP contribution in [0.4, 0.5) is 28.4 Å². The Bertz CT molecular complexity index is 3020. The van der Waals surface area contributed by atoms with Gasteiger partial charge in [0.15, 0.2) is 0 Å². The van der Waals surface area contributed by atoms with Crippen molar-refractivity contribution in [1.82, 2.24) is 15.0 Å². The highest BCUT2D eigenvalue weighted by Gasteiger charge is 2.24. The third kappa shape index (κ3) is 8.00. The Hall–Kier alpha value is -8.36. The lowest BCUT2D eigenvalue weighted by molar-refractivity contribution is 0.764. The summed E-state index contributed by atoms with van der Waals surface area (Å²) >= 11 is 0. The molecule has 2 aliphatic rings. The second-order valence-corrected chi connectivity index (χ2v) is 15.1. The topological polar surface area (TPSA) is 85.4 Å². The molecule has 7 aromatic carbocycles. The zero-order valence-corrected chi connectivity index (χ0v) is 33.8. The molecule has 0 bridgehead atoms. The summed E-state index contributed by atoms with van der Waals surface area (Å²) < 4.78 is 0. The van der Waals surface area contributed by atoms with E-state index in [-0.39, 0.29) is 6.04 Å². The molecule has 2 N–H and O–H groups in total. The molecule has 1 atom stereocenters. The summed E-state index contributed by atoms with van der Waals surface area (Å²) in [6.07, 6.45) is 13.5. The lowest BCUT2D eigenvalue weighted by atomic mass is 9.93. The Morgan fingerprint density at radius 3 is 1.92 bits per heavy atom. The molecule has 0 spiro atoms. The van der Waals surface area contributed by atoms with E-state index >= 15 is 0 Å². The molecule has 62 heavy (non-hydrogen) atoms.